The molecule has 22 heavy (non-hydrogen) atoms. The van der Waals surface area contributed by atoms with Crippen LogP contribution in [0, 0.1) is 16.7 Å². The molecule has 0 aliphatic heterocycles. The molecular weight excluding hydrogens is 268 g/mol. The van der Waals surface area contributed by atoms with Gasteiger partial charge in [-0.1, -0.05) is 84.0 Å². The van der Waals surface area contributed by atoms with Crippen LogP contribution in [0.1, 0.15) is 47.1 Å². The van der Waals surface area contributed by atoms with Crippen molar-refractivity contribution >= 4 is 16.6 Å². The van der Waals surface area contributed by atoms with Crippen molar-refractivity contribution in [1.82, 2.24) is 0 Å². The second-order valence-electron chi connectivity index (χ2n) is 8.38. The van der Waals surface area contributed by atoms with Crippen LogP contribution in [-0.2, 0) is 11.2 Å². The van der Waals surface area contributed by atoms with Crippen LogP contribution < -0.4 is 0 Å². The zero-order valence-electron chi connectivity index (χ0n) is 14.7. The van der Waals surface area contributed by atoms with Crippen molar-refractivity contribution < 1.29 is 4.79 Å². The van der Waals surface area contributed by atoms with Gasteiger partial charge < -0.3 is 0 Å². The molecule has 0 fully saturated rings. The molecule has 0 saturated carbocycles. The van der Waals surface area contributed by atoms with E-state index in [4.69, 9.17) is 0 Å². The standard InChI is InChI=1S/C21H28O/c1-20(2,3)18(19(22)21(4,5)6)14-16-12-9-11-15-10-7-8-13-17(15)16/h7-13,18H,14H2,1-6H3/t18-/m1/s1. The fraction of sp³-hybridized carbons (Fsp3) is 0.476. The molecule has 2 aromatic carbocycles. The topological polar surface area (TPSA) is 17.1 Å². The van der Waals surface area contributed by atoms with Gasteiger partial charge in [-0.3, -0.25) is 4.79 Å². The van der Waals surface area contributed by atoms with Crippen LogP contribution in [-0.4, -0.2) is 5.78 Å². The van der Waals surface area contributed by atoms with E-state index in [0.717, 1.165) is 6.42 Å². The molecule has 0 unspecified atom stereocenters. The molecule has 0 heterocycles. The Hall–Kier alpha value is -1.63. The van der Waals surface area contributed by atoms with Gasteiger partial charge in [-0.2, -0.15) is 0 Å². The molecule has 0 aliphatic carbocycles. The van der Waals surface area contributed by atoms with E-state index < -0.39 is 0 Å². The van der Waals surface area contributed by atoms with Gasteiger partial charge in [0.05, 0.1) is 0 Å². The molecule has 118 valence electrons. The molecule has 0 amide bonds. The number of hydrogen-bond acceptors (Lipinski definition) is 1. The smallest absolute Gasteiger partial charge is 0.142 e. The lowest BCUT2D eigenvalue weighted by atomic mass is 9.68. The van der Waals surface area contributed by atoms with Crippen LogP contribution in [0.15, 0.2) is 42.5 Å². The summed E-state index contributed by atoms with van der Waals surface area (Å²) in [6.07, 6.45) is 0.807. The Morgan fingerprint density at radius 1 is 0.909 bits per heavy atom. The van der Waals surface area contributed by atoms with Gasteiger partial charge in [-0.15, -0.1) is 0 Å². The van der Waals surface area contributed by atoms with E-state index in [1.165, 1.54) is 16.3 Å². The van der Waals surface area contributed by atoms with Gasteiger partial charge in [-0.25, -0.2) is 0 Å². The first-order valence-electron chi connectivity index (χ1n) is 8.11. The molecule has 2 rings (SSSR count). The number of rotatable bonds is 3. The normalized spacial score (nSPS) is 14.1. The maximum Gasteiger partial charge on any atom is 0.142 e. The highest BCUT2D eigenvalue weighted by molar-refractivity contribution is 5.89. The first kappa shape index (κ1) is 16.7. The van der Waals surface area contributed by atoms with Gasteiger partial charge in [0.2, 0.25) is 0 Å². The van der Waals surface area contributed by atoms with Crippen molar-refractivity contribution in [2.45, 2.75) is 48.0 Å². The monoisotopic (exact) mass is 296 g/mol. The second kappa shape index (κ2) is 5.87. The molecular formula is C21H28O. The summed E-state index contributed by atoms with van der Waals surface area (Å²) in [5.41, 5.74) is 0.930. The summed E-state index contributed by atoms with van der Waals surface area (Å²) in [6.45, 7) is 12.6. The van der Waals surface area contributed by atoms with Crippen molar-refractivity contribution in [2.24, 2.45) is 16.7 Å². The van der Waals surface area contributed by atoms with Crippen molar-refractivity contribution in [3.63, 3.8) is 0 Å². The number of carbonyl (C=O) groups is 1. The third kappa shape index (κ3) is 3.58. The maximum absolute atomic E-state index is 13.0. The first-order chi connectivity index (χ1) is 10.1. The van der Waals surface area contributed by atoms with Gasteiger partial charge in [-0.05, 0) is 28.2 Å². The van der Waals surface area contributed by atoms with Crippen molar-refractivity contribution in [1.29, 1.82) is 0 Å². The molecule has 1 heteroatoms. The molecule has 1 nitrogen and oxygen atoms in total. The molecule has 0 spiro atoms. The minimum atomic E-state index is -0.303. The van der Waals surface area contributed by atoms with Crippen LogP contribution in [0.2, 0.25) is 0 Å². The molecule has 0 N–H and O–H groups in total. The average molecular weight is 296 g/mol. The molecule has 0 bridgehead atoms. The summed E-state index contributed by atoms with van der Waals surface area (Å²) in [5.74, 6) is 0.381. The van der Waals surface area contributed by atoms with E-state index in [0.29, 0.717) is 5.78 Å². The Balaban J connectivity index is 2.45. The summed E-state index contributed by atoms with van der Waals surface area (Å²) >= 11 is 0. The van der Waals surface area contributed by atoms with E-state index in [9.17, 15) is 4.79 Å². The average Bonchev–Trinajstić information content (AvgIpc) is 2.42. The predicted octanol–water partition coefficient (Wildman–Crippen LogP) is 5.66. The third-order valence-corrected chi connectivity index (χ3v) is 4.41. The molecule has 0 aromatic heterocycles. The van der Waals surface area contributed by atoms with Crippen LogP contribution in [0.4, 0.5) is 0 Å². The van der Waals surface area contributed by atoms with Gasteiger partial charge >= 0.3 is 0 Å². The van der Waals surface area contributed by atoms with E-state index >= 15 is 0 Å². The van der Waals surface area contributed by atoms with Crippen molar-refractivity contribution in [2.75, 3.05) is 0 Å². The molecule has 0 aliphatic rings. The highest BCUT2D eigenvalue weighted by atomic mass is 16.1. The Bertz CT molecular complexity index is 663. The summed E-state index contributed by atoms with van der Waals surface area (Å²) in [5, 5.41) is 2.51. The quantitative estimate of drug-likeness (QED) is 0.714. The van der Waals surface area contributed by atoms with Gasteiger partial charge in [0.1, 0.15) is 5.78 Å². The number of ketones is 1. The fourth-order valence-corrected chi connectivity index (χ4v) is 3.01. The van der Waals surface area contributed by atoms with Gasteiger partial charge in [0.15, 0.2) is 0 Å². The van der Waals surface area contributed by atoms with E-state index in [-0.39, 0.29) is 16.7 Å². The number of benzene rings is 2. The molecule has 2 aromatic rings. The summed E-state index contributed by atoms with van der Waals surface area (Å²) in [7, 11) is 0. The molecule has 0 radical (unpaired) electrons. The number of fused-ring (bicyclic) bond motifs is 1. The zero-order valence-corrected chi connectivity index (χ0v) is 14.7. The lowest BCUT2D eigenvalue weighted by Gasteiger charge is -2.34. The predicted molar refractivity (Wildman–Crippen MR) is 95.1 cm³/mol. The first-order valence-corrected chi connectivity index (χ1v) is 8.11. The highest BCUT2D eigenvalue weighted by Crippen LogP contribution is 2.36. The summed E-state index contributed by atoms with van der Waals surface area (Å²) in [4.78, 5) is 13.0. The number of Topliss-reactive ketones (excluding diaryl/α,β-unsaturated/α-hetero) is 1. The van der Waals surface area contributed by atoms with Gasteiger partial charge in [0.25, 0.3) is 0 Å². The van der Waals surface area contributed by atoms with Crippen molar-refractivity contribution in [3.8, 4) is 0 Å². The summed E-state index contributed by atoms with van der Waals surface area (Å²) in [6, 6.07) is 14.8. The van der Waals surface area contributed by atoms with E-state index in [1.54, 1.807) is 0 Å². The van der Waals surface area contributed by atoms with Crippen LogP contribution in [0.25, 0.3) is 10.8 Å². The maximum atomic E-state index is 13.0. The van der Waals surface area contributed by atoms with Crippen molar-refractivity contribution in [3.05, 3.63) is 48.0 Å². The highest BCUT2D eigenvalue weighted by Gasteiger charge is 2.37. The second-order valence-corrected chi connectivity index (χ2v) is 8.38. The SMILES string of the molecule is CC(C)(C)C(=O)[C@@H](Cc1cccc2ccccc12)C(C)(C)C. The van der Waals surface area contributed by atoms with Crippen LogP contribution in [0.3, 0.4) is 0 Å². The van der Waals surface area contributed by atoms with E-state index in [2.05, 4.69) is 63.2 Å². The lowest BCUT2D eigenvalue weighted by Crippen LogP contribution is -2.37. The fourth-order valence-electron chi connectivity index (χ4n) is 3.01. The summed E-state index contributed by atoms with van der Waals surface area (Å²) < 4.78 is 0. The largest absolute Gasteiger partial charge is 0.299 e. The number of hydrogen-bond donors (Lipinski definition) is 0. The Kier molecular flexibility index (Phi) is 4.47. The molecule has 1 atom stereocenters. The Morgan fingerprint density at radius 3 is 2.09 bits per heavy atom. The third-order valence-electron chi connectivity index (χ3n) is 4.41. The van der Waals surface area contributed by atoms with Crippen LogP contribution in [0.5, 0.6) is 0 Å². The Morgan fingerprint density at radius 2 is 1.50 bits per heavy atom. The zero-order chi connectivity index (χ0) is 16.5. The number of carbonyl (C=O) groups excluding carboxylic acids is 1. The molecule has 0 saturated heterocycles. The van der Waals surface area contributed by atoms with Gasteiger partial charge in [0, 0.05) is 11.3 Å². The van der Waals surface area contributed by atoms with Crippen LogP contribution >= 0.6 is 0 Å². The minimum Gasteiger partial charge on any atom is -0.299 e. The Labute approximate surface area is 134 Å². The lowest BCUT2D eigenvalue weighted by molar-refractivity contribution is -0.133. The van der Waals surface area contributed by atoms with E-state index in [1.807, 2.05) is 20.8 Å². The minimum absolute atomic E-state index is 0.0262.